The van der Waals surface area contributed by atoms with E-state index in [9.17, 15) is 0 Å². The third-order valence-electron chi connectivity index (χ3n) is 3.07. The van der Waals surface area contributed by atoms with Crippen molar-refractivity contribution in [1.29, 1.82) is 0 Å². The van der Waals surface area contributed by atoms with Crippen molar-refractivity contribution in [3.05, 3.63) is 102 Å². The summed E-state index contributed by atoms with van der Waals surface area (Å²) in [7, 11) is 0. The van der Waals surface area contributed by atoms with Gasteiger partial charge in [-0.25, -0.2) is 0 Å². The van der Waals surface area contributed by atoms with Gasteiger partial charge in [-0.3, -0.25) is 0 Å². The Morgan fingerprint density at radius 3 is 1.68 bits per heavy atom. The first-order valence-corrected chi connectivity index (χ1v) is 10.7. The molecule has 0 aliphatic heterocycles. The summed E-state index contributed by atoms with van der Waals surface area (Å²) in [6.45, 7) is 0. The van der Waals surface area contributed by atoms with Crippen LogP contribution in [0.1, 0.15) is 5.56 Å². The Bertz CT molecular complexity index is 719. The van der Waals surface area contributed by atoms with Crippen molar-refractivity contribution in [2.24, 2.45) is 0 Å². The first-order chi connectivity index (χ1) is 10.9. The first-order valence-electron chi connectivity index (χ1n) is 7.12. The van der Waals surface area contributed by atoms with E-state index in [0.29, 0.717) is 29.9 Å². The van der Waals surface area contributed by atoms with Gasteiger partial charge in [-0.1, -0.05) is 0 Å². The van der Waals surface area contributed by atoms with Crippen molar-refractivity contribution < 1.29 is 0 Å². The van der Waals surface area contributed by atoms with Crippen LogP contribution in [0.2, 0.25) is 0 Å². The molecule has 0 spiro atoms. The molecule has 0 N–H and O–H groups in total. The van der Waals surface area contributed by atoms with Gasteiger partial charge in [0.2, 0.25) is 0 Å². The Morgan fingerprint density at radius 2 is 1.09 bits per heavy atom. The molecule has 0 amide bonds. The molecule has 22 heavy (non-hydrogen) atoms. The maximum atomic E-state index is 2.45. The molecular weight excluding hydrogens is 398 g/mol. The van der Waals surface area contributed by atoms with Crippen LogP contribution in [0.25, 0.3) is 4.47 Å². The Labute approximate surface area is 144 Å². The Balaban J connectivity index is 1.86. The van der Waals surface area contributed by atoms with Gasteiger partial charge in [0.15, 0.2) is 0 Å². The normalized spacial score (nSPS) is 11.4. The van der Waals surface area contributed by atoms with Gasteiger partial charge in [-0.2, -0.15) is 0 Å². The summed E-state index contributed by atoms with van der Waals surface area (Å²) in [6.07, 6.45) is 0. The van der Waals surface area contributed by atoms with Crippen LogP contribution in [-0.2, 0) is 0 Å². The molecule has 0 fully saturated rings. The van der Waals surface area contributed by atoms with E-state index in [1.165, 1.54) is 19.0 Å². The monoisotopic (exact) mass is 416 g/mol. The van der Waals surface area contributed by atoms with Gasteiger partial charge in [0.05, 0.1) is 0 Å². The first kappa shape index (κ1) is 15.3. The molecule has 0 bridgehead atoms. The maximum absolute atomic E-state index is 2.45. The summed E-state index contributed by atoms with van der Waals surface area (Å²) < 4.78 is 4.32. The predicted molar refractivity (Wildman–Crippen MR) is 98.1 cm³/mol. The molecule has 0 saturated carbocycles. The van der Waals surface area contributed by atoms with Gasteiger partial charge in [-0.05, 0) is 0 Å². The number of rotatable bonds is 5. The molecule has 3 aromatic carbocycles. The topological polar surface area (TPSA) is 0 Å². The molecule has 3 rings (SSSR count). The zero-order valence-corrected chi connectivity index (χ0v) is 15.5. The zero-order chi connectivity index (χ0) is 15.0. The van der Waals surface area contributed by atoms with Crippen LogP contribution >= 0.6 is 0 Å². The van der Waals surface area contributed by atoms with Crippen molar-refractivity contribution in [3.8, 4) is 0 Å². The van der Waals surface area contributed by atoms with Crippen molar-refractivity contribution in [3.63, 3.8) is 0 Å². The standard InChI is InChI=1S/C20H16Se2/c1-4-10-17(11-5-1)20(22-19-14-8-3-9-15-19)16-21-18-12-6-2-7-13-18/h1-16H/b20-16-. The second-order valence-electron chi connectivity index (χ2n) is 4.69. The fourth-order valence-electron chi connectivity index (χ4n) is 1.99. The third-order valence-corrected chi connectivity index (χ3v) is 7.98. The van der Waals surface area contributed by atoms with Crippen LogP contribution in [-0.4, -0.2) is 29.9 Å². The number of benzene rings is 3. The van der Waals surface area contributed by atoms with Gasteiger partial charge in [0.25, 0.3) is 0 Å². The average molecular weight is 414 g/mol. The molecule has 0 saturated heterocycles. The Kier molecular flexibility index (Phi) is 5.70. The van der Waals surface area contributed by atoms with Gasteiger partial charge < -0.3 is 0 Å². The van der Waals surface area contributed by atoms with Crippen molar-refractivity contribution in [2.75, 3.05) is 0 Å². The predicted octanol–water partition coefficient (Wildman–Crippen LogP) is 3.04. The fraction of sp³-hybridized carbons (Fsp3) is 0. The van der Waals surface area contributed by atoms with Gasteiger partial charge >= 0.3 is 145 Å². The Hall–Kier alpha value is -1.56. The molecule has 0 aliphatic rings. The molecule has 0 atom stereocenters. The fourth-order valence-corrected chi connectivity index (χ4v) is 6.28. The minimum absolute atomic E-state index is 0.346. The SMILES string of the molecule is C(/[Se]c1ccccc1)=C(/[Se]c1ccccc1)c1ccccc1. The molecule has 0 unspecified atom stereocenters. The van der Waals surface area contributed by atoms with E-state index in [0.717, 1.165) is 0 Å². The van der Waals surface area contributed by atoms with Crippen LogP contribution in [0.5, 0.6) is 0 Å². The minimum atomic E-state index is 0.346. The van der Waals surface area contributed by atoms with E-state index >= 15 is 0 Å². The van der Waals surface area contributed by atoms with Crippen molar-refractivity contribution in [1.82, 2.24) is 0 Å². The molecule has 0 radical (unpaired) electrons. The van der Waals surface area contributed by atoms with Gasteiger partial charge in [0, 0.05) is 0 Å². The molecule has 0 nitrogen and oxygen atoms in total. The second kappa shape index (κ2) is 8.17. The molecule has 0 aliphatic carbocycles. The Morgan fingerprint density at radius 1 is 0.591 bits per heavy atom. The summed E-state index contributed by atoms with van der Waals surface area (Å²) in [5, 5.41) is 0. The zero-order valence-electron chi connectivity index (χ0n) is 12.1. The summed E-state index contributed by atoms with van der Waals surface area (Å²) >= 11 is 0.724. The van der Waals surface area contributed by atoms with Crippen LogP contribution < -0.4 is 8.92 Å². The quantitative estimate of drug-likeness (QED) is 0.564. The van der Waals surface area contributed by atoms with E-state index in [4.69, 9.17) is 0 Å². The van der Waals surface area contributed by atoms with E-state index in [1.54, 1.807) is 0 Å². The molecule has 2 heteroatoms. The summed E-state index contributed by atoms with van der Waals surface area (Å²) in [5.41, 5.74) is 1.35. The van der Waals surface area contributed by atoms with E-state index in [1.807, 2.05) is 0 Å². The summed E-state index contributed by atoms with van der Waals surface area (Å²) in [6, 6.07) is 32.3. The van der Waals surface area contributed by atoms with Crippen LogP contribution in [0.15, 0.2) is 96.0 Å². The van der Waals surface area contributed by atoms with E-state index in [2.05, 4.69) is 96.0 Å². The number of hydrogen-bond donors (Lipinski definition) is 0. The van der Waals surface area contributed by atoms with Gasteiger partial charge in [-0.15, -0.1) is 0 Å². The molecule has 108 valence electrons. The second-order valence-corrected chi connectivity index (χ2v) is 9.01. The van der Waals surface area contributed by atoms with Crippen LogP contribution in [0.3, 0.4) is 0 Å². The molecule has 0 heterocycles. The van der Waals surface area contributed by atoms with Crippen molar-refractivity contribution in [2.45, 2.75) is 0 Å². The van der Waals surface area contributed by atoms with E-state index in [-0.39, 0.29) is 0 Å². The molecule has 3 aromatic rings. The van der Waals surface area contributed by atoms with Crippen LogP contribution in [0.4, 0.5) is 0 Å². The third kappa shape index (κ3) is 4.46. The van der Waals surface area contributed by atoms with E-state index < -0.39 is 0 Å². The van der Waals surface area contributed by atoms with Crippen molar-refractivity contribution >= 4 is 43.3 Å². The molecular formula is C20H16Se2. The summed E-state index contributed by atoms with van der Waals surface area (Å²) in [4.78, 5) is 2.45. The number of hydrogen-bond acceptors (Lipinski definition) is 0. The average Bonchev–Trinajstić information content (AvgIpc) is 2.61. The van der Waals surface area contributed by atoms with Crippen LogP contribution in [0, 0.1) is 0 Å². The molecule has 0 aromatic heterocycles. The van der Waals surface area contributed by atoms with Gasteiger partial charge in [0.1, 0.15) is 0 Å². The summed E-state index contributed by atoms with van der Waals surface area (Å²) in [5.74, 6) is 0.